The Morgan fingerprint density at radius 1 is 1.16 bits per heavy atom. The second kappa shape index (κ2) is 6.03. The molecule has 106 valence electrons. The Bertz CT molecular complexity index is 493. The molecule has 1 aliphatic rings. The van der Waals surface area contributed by atoms with E-state index in [2.05, 4.69) is 4.72 Å². The van der Waals surface area contributed by atoms with Gasteiger partial charge in [0, 0.05) is 6.54 Å². The molecule has 0 aromatic heterocycles. The molecular formula is C14H21NO3S. The maximum Gasteiger partial charge on any atom is 0.212 e. The predicted molar refractivity (Wildman–Crippen MR) is 75.4 cm³/mol. The molecule has 1 saturated carbocycles. The van der Waals surface area contributed by atoms with Crippen molar-refractivity contribution in [3.05, 3.63) is 35.9 Å². The van der Waals surface area contributed by atoms with Crippen molar-refractivity contribution in [2.24, 2.45) is 0 Å². The van der Waals surface area contributed by atoms with E-state index in [1.54, 1.807) is 0 Å². The van der Waals surface area contributed by atoms with E-state index >= 15 is 0 Å². The first kappa shape index (κ1) is 14.5. The highest BCUT2D eigenvalue weighted by atomic mass is 32.2. The van der Waals surface area contributed by atoms with E-state index < -0.39 is 15.6 Å². The summed E-state index contributed by atoms with van der Waals surface area (Å²) in [6, 6.07) is 9.54. The van der Waals surface area contributed by atoms with E-state index in [0.717, 1.165) is 18.4 Å². The molecule has 5 heteroatoms. The normalized spacial score (nSPS) is 18.6. The fourth-order valence-electron chi connectivity index (χ4n) is 2.42. The molecule has 0 amide bonds. The summed E-state index contributed by atoms with van der Waals surface area (Å²) in [6.07, 6.45) is 3.82. The molecule has 0 bridgehead atoms. The van der Waals surface area contributed by atoms with Gasteiger partial charge in [-0.1, -0.05) is 43.2 Å². The van der Waals surface area contributed by atoms with Crippen LogP contribution in [-0.4, -0.2) is 31.4 Å². The number of rotatable bonds is 6. The summed E-state index contributed by atoms with van der Waals surface area (Å²) >= 11 is 0. The van der Waals surface area contributed by atoms with E-state index in [4.69, 9.17) is 0 Å². The van der Waals surface area contributed by atoms with Crippen molar-refractivity contribution in [1.29, 1.82) is 0 Å². The number of aryl methyl sites for hydroxylation is 1. The molecule has 4 nitrogen and oxygen atoms in total. The Labute approximate surface area is 114 Å². The predicted octanol–water partition coefficient (Wildman–Crippen LogP) is 1.45. The van der Waals surface area contributed by atoms with Gasteiger partial charge in [-0.05, 0) is 24.8 Å². The fourth-order valence-corrected chi connectivity index (χ4v) is 3.56. The third-order valence-electron chi connectivity index (χ3n) is 3.66. The van der Waals surface area contributed by atoms with Gasteiger partial charge in [-0.3, -0.25) is 0 Å². The van der Waals surface area contributed by atoms with Crippen LogP contribution in [0.15, 0.2) is 30.3 Å². The summed E-state index contributed by atoms with van der Waals surface area (Å²) in [5, 5.41) is 10.1. The van der Waals surface area contributed by atoms with Gasteiger partial charge in [-0.2, -0.15) is 0 Å². The van der Waals surface area contributed by atoms with Crippen molar-refractivity contribution in [2.45, 2.75) is 37.7 Å². The van der Waals surface area contributed by atoms with Crippen LogP contribution >= 0.6 is 0 Å². The van der Waals surface area contributed by atoms with Crippen LogP contribution in [0.3, 0.4) is 0 Å². The third kappa shape index (κ3) is 4.60. The van der Waals surface area contributed by atoms with Gasteiger partial charge in [0.25, 0.3) is 0 Å². The zero-order valence-corrected chi connectivity index (χ0v) is 11.8. The Balaban J connectivity index is 1.82. The third-order valence-corrected chi connectivity index (χ3v) is 4.98. The van der Waals surface area contributed by atoms with Crippen LogP contribution in [0.4, 0.5) is 0 Å². The number of benzene rings is 1. The van der Waals surface area contributed by atoms with E-state index in [0.29, 0.717) is 19.3 Å². The van der Waals surface area contributed by atoms with Crippen LogP contribution < -0.4 is 4.72 Å². The lowest BCUT2D eigenvalue weighted by atomic mass is 10.0. The van der Waals surface area contributed by atoms with Gasteiger partial charge >= 0.3 is 0 Å². The average Bonchev–Trinajstić information content (AvgIpc) is 2.84. The zero-order valence-electron chi connectivity index (χ0n) is 11.0. The van der Waals surface area contributed by atoms with E-state index in [9.17, 15) is 13.5 Å². The second-order valence-corrected chi connectivity index (χ2v) is 7.23. The molecule has 2 N–H and O–H groups in total. The van der Waals surface area contributed by atoms with Crippen molar-refractivity contribution >= 4 is 10.0 Å². The lowest BCUT2D eigenvalue weighted by Crippen LogP contribution is -2.41. The number of nitrogens with one attached hydrogen (secondary N) is 1. The quantitative estimate of drug-likeness (QED) is 0.830. The van der Waals surface area contributed by atoms with E-state index in [1.807, 2.05) is 30.3 Å². The van der Waals surface area contributed by atoms with Crippen molar-refractivity contribution in [3.8, 4) is 0 Å². The van der Waals surface area contributed by atoms with Gasteiger partial charge in [-0.25, -0.2) is 13.1 Å². The Morgan fingerprint density at radius 3 is 2.42 bits per heavy atom. The summed E-state index contributed by atoms with van der Waals surface area (Å²) in [5.74, 6) is 0.0626. The van der Waals surface area contributed by atoms with Crippen molar-refractivity contribution < 1.29 is 13.5 Å². The molecule has 1 aromatic carbocycles. The highest BCUT2D eigenvalue weighted by Crippen LogP contribution is 2.28. The number of hydrogen-bond acceptors (Lipinski definition) is 3. The first-order valence-electron chi connectivity index (χ1n) is 6.73. The maximum absolute atomic E-state index is 11.9. The molecule has 0 saturated heterocycles. The summed E-state index contributed by atoms with van der Waals surface area (Å²) in [4.78, 5) is 0. The van der Waals surface area contributed by atoms with Gasteiger partial charge in [0.2, 0.25) is 10.0 Å². The Morgan fingerprint density at radius 2 is 1.79 bits per heavy atom. The molecular weight excluding hydrogens is 262 g/mol. The van der Waals surface area contributed by atoms with Crippen LogP contribution in [0, 0.1) is 0 Å². The molecule has 0 unspecified atom stereocenters. The van der Waals surface area contributed by atoms with Crippen LogP contribution in [0.25, 0.3) is 0 Å². The standard InChI is InChI=1S/C14H21NO3S/c16-14(9-4-5-10-14)12-15-19(17,18)11-8-13-6-2-1-3-7-13/h1-3,6-7,15-16H,4-5,8-12H2. The van der Waals surface area contributed by atoms with Gasteiger partial charge in [0.15, 0.2) is 0 Å². The fraction of sp³-hybridized carbons (Fsp3) is 0.571. The van der Waals surface area contributed by atoms with Gasteiger partial charge in [0.05, 0.1) is 11.4 Å². The van der Waals surface area contributed by atoms with Crippen molar-refractivity contribution in [3.63, 3.8) is 0 Å². The van der Waals surface area contributed by atoms with Gasteiger partial charge in [0.1, 0.15) is 0 Å². The molecule has 0 heterocycles. The lowest BCUT2D eigenvalue weighted by Gasteiger charge is -2.22. The van der Waals surface area contributed by atoms with Crippen LogP contribution in [0.1, 0.15) is 31.2 Å². The van der Waals surface area contributed by atoms with E-state index in [1.165, 1.54) is 0 Å². The molecule has 0 aliphatic heterocycles. The smallest absolute Gasteiger partial charge is 0.212 e. The summed E-state index contributed by atoms with van der Waals surface area (Å²) in [6.45, 7) is 0.143. The minimum absolute atomic E-state index is 0.0626. The van der Waals surface area contributed by atoms with E-state index in [-0.39, 0.29) is 12.3 Å². The molecule has 0 radical (unpaired) electrons. The molecule has 1 aromatic rings. The minimum Gasteiger partial charge on any atom is -0.389 e. The highest BCUT2D eigenvalue weighted by Gasteiger charge is 2.32. The summed E-state index contributed by atoms with van der Waals surface area (Å²) < 4.78 is 26.3. The minimum atomic E-state index is -3.32. The molecule has 1 fully saturated rings. The molecule has 2 rings (SSSR count). The van der Waals surface area contributed by atoms with Crippen LogP contribution in [-0.2, 0) is 16.4 Å². The Hall–Kier alpha value is -0.910. The van der Waals surface area contributed by atoms with Crippen molar-refractivity contribution in [2.75, 3.05) is 12.3 Å². The molecule has 19 heavy (non-hydrogen) atoms. The largest absolute Gasteiger partial charge is 0.389 e. The van der Waals surface area contributed by atoms with Gasteiger partial charge < -0.3 is 5.11 Å². The number of sulfonamides is 1. The van der Waals surface area contributed by atoms with Crippen LogP contribution in [0.5, 0.6) is 0 Å². The summed E-state index contributed by atoms with van der Waals surface area (Å²) in [7, 11) is -3.32. The number of aliphatic hydroxyl groups is 1. The second-order valence-electron chi connectivity index (χ2n) is 5.31. The van der Waals surface area contributed by atoms with Gasteiger partial charge in [-0.15, -0.1) is 0 Å². The lowest BCUT2D eigenvalue weighted by molar-refractivity contribution is 0.0532. The topological polar surface area (TPSA) is 66.4 Å². The van der Waals surface area contributed by atoms with Crippen molar-refractivity contribution in [1.82, 2.24) is 4.72 Å². The first-order chi connectivity index (χ1) is 8.99. The molecule has 1 aliphatic carbocycles. The first-order valence-corrected chi connectivity index (χ1v) is 8.38. The Kier molecular flexibility index (Phi) is 4.60. The monoisotopic (exact) mass is 283 g/mol. The zero-order chi connectivity index (χ0) is 13.8. The van der Waals surface area contributed by atoms with Crippen LogP contribution in [0.2, 0.25) is 0 Å². The number of hydrogen-bond donors (Lipinski definition) is 2. The molecule has 0 atom stereocenters. The summed E-state index contributed by atoms with van der Waals surface area (Å²) in [5.41, 5.74) is 0.173. The maximum atomic E-state index is 11.9. The highest BCUT2D eigenvalue weighted by molar-refractivity contribution is 7.89. The molecule has 0 spiro atoms. The average molecular weight is 283 g/mol. The SMILES string of the molecule is O=S(=O)(CCc1ccccc1)NCC1(O)CCCC1.